The average molecular weight is 522 g/mol. The van der Waals surface area contributed by atoms with E-state index < -0.39 is 0 Å². The van der Waals surface area contributed by atoms with Crippen LogP contribution in [0.25, 0.3) is 0 Å². The molecule has 5 rings (SSSR count). The summed E-state index contributed by atoms with van der Waals surface area (Å²) in [5, 5.41) is 4.33. The van der Waals surface area contributed by atoms with E-state index in [4.69, 9.17) is 0 Å². The van der Waals surface area contributed by atoms with Gasteiger partial charge in [0.05, 0.1) is 24.8 Å². The summed E-state index contributed by atoms with van der Waals surface area (Å²) in [5.41, 5.74) is 4.44. The first-order chi connectivity index (χ1) is 14.2. The molecule has 6 nitrogen and oxygen atoms in total. The van der Waals surface area contributed by atoms with Gasteiger partial charge in [0.1, 0.15) is 0 Å². The molecule has 1 amide bonds. The van der Waals surface area contributed by atoms with Gasteiger partial charge in [0.15, 0.2) is 0 Å². The van der Waals surface area contributed by atoms with Crippen molar-refractivity contribution in [2.24, 2.45) is 0 Å². The van der Waals surface area contributed by atoms with Crippen LogP contribution < -0.4 is 10.5 Å². The van der Waals surface area contributed by atoms with E-state index in [2.05, 4.69) is 56.3 Å². The Morgan fingerprint density at radius 1 is 1.07 bits per heavy atom. The summed E-state index contributed by atoms with van der Waals surface area (Å²) in [5.74, 6) is 1.14. The number of nitrogens with zero attached hydrogens (tertiary/aromatic N) is 4. The van der Waals surface area contributed by atoms with Crippen molar-refractivity contribution in [1.82, 2.24) is 14.5 Å². The highest BCUT2D eigenvalue weighted by molar-refractivity contribution is 14.2. The third kappa shape index (κ3) is 3.96. The van der Waals surface area contributed by atoms with Gasteiger partial charge in [-0.05, 0) is 70.7 Å². The molecule has 1 aromatic carbocycles. The number of rotatable bonds is 6. The second-order valence-electron chi connectivity index (χ2n) is 8.23. The maximum absolute atomic E-state index is 13.0. The molecule has 8 heteroatoms. The van der Waals surface area contributed by atoms with Crippen LogP contribution in [0.4, 0.5) is 5.69 Å². The third-order valence-electron chi connectivity index (χ3n) is 6.15. The minimum atomic E-state index is 0.0194. The SMILES string of the molecule is O=C1CN(c2cnn(PI)c(=O)c2C2CC2)CCN1Cc1ccccc1C1CC1. The van der Waals surface area contributed by atoms with Crippen LogP contribution in [-0.2, 0) is 11.3 Å². The number of halogens is 1. The van der Waals surface area contributed by atoms with Gasteiger partial charge in [-0.2, -0.15) is 5.10 Å². The van der Waals surface area contributed by atoms with Crippen molar-refractivity contribution in [3.8, 4) is 0 Å². The molecule has 0 N–H and O–H groups in total. The van der Waals surface area contributed by atoms with Gasteiger partial charge in [0.2, 0.25) is 5.91 Å². The molecule has 0 spiro atoms. The van der Waals surface area contributed by atoms with Gasteiger partial charge >= 0.3 is 0 Å². The van der Waals surface area contributed by atoms with Crippen LogP contribution in [0, 0.1) is 0 Å². The standard InChI is InChI=1S/C21H24IN4O2P/c22-29-26-21(28)20(15-7-8-15)18(11-23-26)24-9-10-25(19(27)13-24)12-16-3-1-2-4-17(16)14-5-6-14/h1-4,11,14-15,29H,5-10,12-13H2. The van der Waals surface area contributed by atoms with E-state index in [1.807, 2.05) is 4.90 Å². The normalized spacial score (nSPS) is 20.1. The van der Waals surface area contributed by atoms with Gasteiger partial charge in [-0.1, -0.05) is 24.3 Å². The van der Waals surface area contributed by atoms with Crippen LogP contribution in [-0.4, -0.2) is 40.0 Å². The molecular weight excluding hydrogens is 498 g/mol. The molecule has 3 fully saturated rings. The Morgan fingerprint density at radius 2 is 1.83 bits per heavy atom. The van der Waals surface area contributed by atoms with Crippen molar-refractivity contribution in [3.63, 3.8) is 0 Å². The molecule has 1 unspecified atom stereocenters. The third-order valence-corrected chi connectivity index (χ3v) is 8.00. The fourth-order valence-electron chi connectivity index (χ4n) is 4.28. The lowest BCUT2D eigenvalue weighted by molar-refractivity contribution is -0.131. The van der Waals surface area contributed by atoms with Gasteiger partial charge in [-0.3, -0.25) is 9.59 Å². The van der Waals surface area contributed by atoms with Gasteiger partial charge in [-0.25, -0.2) is 4.45 Å². The number of carbonyl (C=O) groups is 1. The van der Waals surface area contributed by atoms with Crippen molar-refractivity contribution in [2.45, 2.75) is 44.1 Å². The predicted molar refractivity (Wildman–Crippen MR) is 124 cm³/mol. The molecule has 29 heavy (non-hydrogen) atoms. The Morgan fingerprint density at radius 3 is 2.52 bits per heavy atom. The number of hydrogen-bond donors (Lipinski definition) is 0. The number of benzene rings is 1. The lowest BCUT2D eigenvalue weighted by Gasteiger charge is -2.36. The Kier molecular flexibility index (Phi) is 5.37. The lowest BCUT2D eigenvalue weighted by atomic mass is 10.0. The molecule has 2 saturated carbocycles. The molecule has 1 atom stereocenters. The van der Waals surface area contributed by atoms with Crippen molar-refractivity contribution < 1.29 is 4.79 Å². The molecule has 1 aromatic heterocycles. The van der Waals surface area contributed by atoms with Crippen molar-refractivity contribution in [3.05, 3.63) is 57.5 Å². The maximum Gasteiger partial charge on any atom is 0.276 e. The van der Waals surface area contributed by atoms with E-state index in [-0.39, 0.29) is 11.5 Å². The summed E-state index contributed by atoms with van der Waals surface area (Å²) >= 11 is 2.19. The van der Waals surface area contributed by atoms with Crippen LogP contribution in [0.15, 0.2) is 35.3 Å². The van der Waals surface area contributed by atoms with Crippen LogP contribution in [0.3, 0.4) is 0 Å². The summed E-state index contributed by atoms with van der Waals surface area (Å²) in [6.45, 7) is 2.43. The van der Waals surface area contributed by atoms with E-state index in [0.717, 1.165) is 30.6 Å². The van der Waals surface area contributed by atoms with Gasteiger partial charge in [-0.15, -0.1) is 0 Å². The maximum atomic E-state index is 13.0. The summed E-state index contributed by atoms with van der Waals surface area (Å²) in [7, 11) is 0. The minimum absolute atomic E-state index is 0.0194. The highest BCUT2D eigenvalue weighted by atomic mass is 127. The zero-order valence-corrected chi connectivity index (χ0v) is 19.3. The van der Waals surface area contributed by atoms with Crippen LogP contribution >= 0.6 is 28.4 Å². The molecule has 0 bridgehead atoms. The molecule has 1 saturated heterocycles. The monoisotopic (exact) mass is 522 g/mol. The van der Waals surface area contributed by atoms with Gasteiger partial charge < -0.3 is 9.80 Å². The highest BCUT2D eigenvalue weighted by Gasteiger charge is 2.34. The van der Waals surface area contributed by atoms with E-state index in [9.17, 15) is 9.59 Å². The summed E-state index contributed by atoms with van der Waals surface area (Å²) < 4.78 is 1.55. The first-order valence-electron chi connectivity index (χ1n) is 10.2. The van der Waals surface area contributed by atoms with E-state index in [1.54, 1.807) is 10.6 Å². The minimum Gasteiger partial charge on any atom is -0.359 e. The fourth-order valence-corrected chi connectivity index (χ4v) is 5.61. The van der Waals surface area contributed by atoms with E-state index in [1.165, 1.54) is 24.0 Å². The quantitative estimate of drug-likeness (QED) is 0.430. The zero-order valence-electron chi connectivity index (χ0n) is 16.2. The molecule has 0 radical (unpaired) electrons. The first-order valence-corrected chi connectivity index (χ1v) is 14.3. The number of amides is 1. The highest BCUT2D eigenvalue weighted by Crippen LogP contribution is 2.43. The van der Waals surface area contributed by atoms with Crippen molar-refractivity contribution in [2.75, 3.05) is 24.5 Å². The predicted octanol–water partition coefficient (Wildman–Crippen LogP) is 3.64. The molecule has 152 valence electrons. The molecule has 2 aliphatic carbocycles. The number of anilines is 1. The Bertz CT molecular complexity index is 1000. The van der Waals surface area contributed by atoms with Gasteiger partial charge in [0.25, 0.3) is 5.56 Å². The summed E-state index contributed by atoms with van der Waals surface area (Å²) in [6.07, 6.45) is 6.74. The summed E-state index contributed by atoms with van der Waals surface area (Å²) in [4.78, 5) is 29.8. The van der Waals surface area contributed by atoms with Crippen molar-refractivity contribution in [1.29, 1.82) is 0 Å². The second-order valence-corrected chi connectivity index (χ2v) is 10.3. The van der Waals surface area contributed by atoms with Crippen molar-refractivity contribution >= 4 is 40.0 Å². The second kappa shape index (κ2) is 7.99. The fraction of sp³-hybridized carbons (Fsp3) is 0.476. The van der Waals surface area contributed by atoms with E-state index in [0.29, 0.717) is 37.8 Å². The Hall–Kier alpha value is -1.47. The first kappa shape index (κ1) is 19.5. The van der Waals surface area contributed by atoms with E-state index >= 15 is 0 Å². The smallest absolute Gasteiger partial charge is 0.276 e. The van der Waals surface area contributed by atoms with Crippen LogP contribution in [0.1, 0.15) is 54.2 Å². The number of carbonyl (C=O) groups excluding carboxylic acids is 1. The average Bonchev–Trinajstić information content (AvgIpc) is 3.63. The molecule has 2 heterocycles. The molecule has 2 aromatic rings. The molecule has 3 aliphatic rings. The number of piperazine rings is 1. The zero-order chi connectivity index (χ0) is 20.0. The Balaban J connectivity index is 1.34. The largest absolute Gasteiger partial charge is 0.359 e. The van der Waals surface area contributed by atoms with Crippen LogP contribution in [0.2, 0.25) is 0 Å². The van der Waals surface area contributed by atoms with Gasteiger partial charge in [0, 0.05) is 25.2 Å². The molecule has 1 aliphatic heterocycles. The summed E-state index contributed by atoms with van der Waals surface area (Å²) in [6, 6.07) is 8.54. The Labute approximate surface area is 185 Å². The number of aromatic nitrogens is 2. The number of hydrogen-bond acceptors (Lipinski definition) is 4. The molecular formula is C21H24IN4O2P. The lowest BCUT2D eigenvalue weighted by Crippen LogP contribution is -2.50. The topological polar surface area (TPSA) is 58.4 Å². The van der Waals surface area contributed by atoms with Crippen LogP contribution in [0.5, 0.6) is 0 Å².